The van der Waals surface area contributed by atoms with Crippen molar-refractivity contribution < 1.29 is 4.39 Å². The van der Waals surface area contributed by atoms with Gasteiger partial charge in [0.1, 0.15) is 11.6 Å². The Morgan fingerprint density at radius 2 is 1.95 bits per heavy atom. The monoisotopic (exact) mass is 292 g/mol. The van der Waals surface area contributed by atoms with Gasteiger partial charge in [-0.3, -0.25) is 9.36 Å². The van der Waals surface area contributed by atoms with E-state index in [2.05, 4.69) is 4.98 Å². The molecule has 1 aromatic heterocycles. The van der Waals surface area contributed by atoms with Crippen LogP contribution in [0, 0.1) is 5.82 Å². The quantitative estimate of drug-likeness (QED) is 0.686. The first-order chi connectivity index (χ1) is 10.7. The molecule has 3 aromatic rings. The Hall–Kier alpha value is -2.75. The zero-order valence-electron chi connectivity index (χ0n) is 11.8. The molecule has 0 bridgehead atoms. The van der Waals surface area contributed by atoms with Crippen LogP contribution in [0.15, 0.2) is 53.3 Å². The van der Waals surface area contributed by atoms with Gasteiger partial charge < -0.3 is 0 Å². The lowest BCUT2D eigenvalue weighted by atomic mass is 10.0. The number of hydrogen-bond acceptors (Lipinski definition) is 2. The molecule has 0 N–H and O–H groups in total. The van der Waals surface area contributed by atoms with Crippen LogP contribution < -0.4 is 5.56 Å². The maximum Gasteiger partial charge on any atom is 0.261 e. The van der Waals surface area contributed by atoms with Crippen LogP contribution in [0.1, 0.15) is 12.2 Å². The van der Waals surface area contributed by atoms with Gasteiger partial charge in [0.05, 0.1) is 10.9 Å². The molecule has 22 heavy (non-hydrogen) atoms. The van der Waals surface area contributed by atoms with E-state index in [0.29, 0.717) is 23.3 Å². The highest BCUT2D eigenvalue weighted by atomic mass is 19.1. The fourth-order valence-corrected chi connectivity index (χ4v) is 2.82. The number of aromatic nitrogens is 2. The van der Waals surface area contributed by atoms with Gasteiger partial charge in [-0.15, -0.1) is 0 Å². The van der Waals surface area contributed by atoms with Gasteiger partial charge in [-0.1, -0.05) is 24.3 Å². The molecule has 2 aromatic carbocycles. The summed E-state index contributed by atoms with van der Waals surface area (Å²) in [6, 6.07) is 11.9. The number of rotatable bonds is 1. The van der Waals surface area contributed by atoms with Gasteiger partial charge >= 0.3 is 0 Å². The number of nitrogens with zero attached hydrogens (tertiary/aromatic N) is 2. The molecule has 0 unspecified atom stereocenters. The van der Waals surface area contributed by atoms with Crippen molar-refractivity contribution in [1.29, 1.82) is 0 Å². The number of benzene rings is 2. The molecule has 0 radical (unpaired) electrons. The van der Waals surface area contributed by atoms with Gasteiger partial charge in [0.15, 0.2) is 0 Å². The van der Waals surface area contributed by atoms with Gasteiger partial charge in [-0.25, -0.2) is 9.37 Å². The first-order valence-corrected chi connectivity index (χ1v) is 7.19. The average molecular weight is 292 g/mol. The highest BCUT2D eigenvalue weighted by molar-refractivity contribution is 5.84. The van der Waals surface area contributed by atoms with Crippen molar-refractivity contribution in [1.82, 2.24) is 9.55 Å². The molecule has 0 fully saturated rings. The van der Waals surface area contributed by atoms with Crippen LogP contribution in [-0.4, -0.2) is 9.55 Å². The molecule has 0 amide bonds. The maximum absolute atomic E-state index is 13.4. The Labute approximate surface area is 126 Å². The van der Waals surface area contributed by atoms with E-state index < -0.39 is 0 Å². The van der Waals surface area contributed by atoms with Crippen molar-refractivity contribution >= 4 is 17.0 Å². The third kappa shape index (κ3) is 2.04. The van der Waals surface area contributed by atoms with Crippen LogP contribution >= 0.6 is 0 Å². The zero-order chi connectivity index (χ0) is 15.1. The van der Waals surface area contributed by atoms with Crippen molar-refractivity contribution in [2.75, 3.05) is 0 Å². The number of fused-ring (bicyclic) bond motifs is 2. The summed E-state index contributed by atoms with van der Waals surface area (Å²) in [6.07, 6.45) is 4.74. The molecule has 2 heterocycles. The molecular formula is C18H13FN2O. The highest BCUT2D eigenvalue weighted by Gasteiger charge is 2.12. The minimum Gasteiger partial charge on any atom is -0.292 e. The molecule has 0 atom stereocenters. The standard InChI is InChI=1S/C18H13FN2O/c19-14-5-3-4-12(10-14)13-7-8-15-16(11-13)20-17-6-1-2-9-21(17)18(15)22/h1,3-8,10-11H,2,9H2. The summed E-state index contributed by atoms with van der Waals surface area (Å²) in [6.45, 7) is 0.666. The summed E-state index contributed by atoms with van der Waals surface area (Å²) < 4.78 is 15.1. The summed E-state index contributed by atoms with van der Waals surface area (Å²) >= 11 is 0. The van der Waals surface area contributed by atoms with Crippen molar-refractivity contribution in [3.63, 3.8) is 0 Å². The highest BCUT2D eigenvalue weighted by Crippen LogP contribution is 2.23. The van der Waals surface area contributed by atoms with Crippen LogP contribution in [0.25, 0.3) is 28.1 Å². The van der Waals surface area contributed by atoms with E-state index >= 15 is 0 Å². The largest absolute Gasteiger partial charge is 0.292 e. The predicted molar refractivity (Wildman–Crippen MR) is 85.0 cm³/mol. The van der Waals surface area contributed by atoms with E-state index in [1.807, 2.05) is 30.4 Å². The third-order valence-electron chi connectivity index (χ3n) is 3.93. The molecule has 0 saturated carbocycles. The van der Waals surface area contributed by atoms with Crippen molar-refractivity contribution in [3.8, 4) is 11.1 Å². The Kier molecular flexibility index (Phi) is 2.89. The second kappa shape index (κ2) is 4.91. The number of halogens is 1. The van der Waals surface area contributed by atoms with Gasteiger partial charge in [0.25, 0.3) is 5.56 Å². The Morgan fingerprint density at radius 1 is 1.09 bits per heavy atom. The third-order valence-corrected chi connectivity index (χ3v) is 3.93. The number of allylic oxidation sites excluding steroid dienone is 1. The summed E-state index contributed by atoms with van der Waals surface area (Å²) in [5.74, 6) is 0.402. The van der Waals surface area contributed by atoms with Crippen LogP contribution in [-0.2, 0) is 6.54 Å². The minimum atomic E-state index is -0.279. The lowest BCUT2D eigenvalue weighted by Gasteiger charge is -2.14. The van der Waals surface area contributed by atoms with Crippen molar-refractivity contribution in [2.45, 2.75) is 13.0 Å². The van der Waals surface area contributed by atoms with Crippen LogP contribution in [0.2, 0.25) is 0 Å². The second-order valence-electron chi connectivity index (χ2n) is 5.36. The lowest BCUT2D eigenvalue weighted by molar-refractivity contribution is 0.628. The zero-order valence-corrected chi connectivity index (χ0v) is 11.8. The van der Waals surface area contributed by atoms with E-state index in [9.17, 15) is 9.18 Å². The van der Waals surface area contributed by atoms with E-state index in [0.717, 1.165) is 17.5 Å². The molecule has 1 aliphatic heterocycles. The first-order valence-electron chi connectivity index (χ1n) is 7.19. The molecule has 108 valence electrons. The molecule has 1 aliphatic rings. The van der Waals surface area contributed by atoms with Crippen molar-refractivity contribution in [2.24, 2.45) is 0 Å². The molecule has 3 nitrogen and oxygen atoms in total. The SMILES string of the molecule is O=c1c2ccc(-c3cccc(F)c3)cc2nc2n1CCC=C2. The van der Waals surface area contributed by atoms with E-state index in [1.54, 1.807) is 16.7 Å². The average Bonchev–Trinajstić information content (AvgIpc) is 2.55. The summed E-state index contributed by atoms with van der Waals surface area (Å²) in [4.78, 5) is 17.1. The summed E-state index contributed by atoms with van der Waals surface area (Å²) in [7, 11) is 0. The van der Waals surface area contributed by atoms with Gasteiger partial charge in [0.2, 0.25) is 0 Å². The Bertz CT molecular complexity index is 972. The molecule has 0 aliphatic carbocycles. The van der Waals surface area contributed by atoms with Gasteiger partial charge in [-0.05, 0) is 47.9 Å². The maximum atomic E-state index is 13.4. The second-order valence-corrected chi connectivity index (χ2v) is 5.36. The van der Waals surface area contributed by atoms with E-state index in [1.165, 1.54) is 12.1 Å². The molecule has 4 rings (SSSR count). The van der Waals surface area contributed by atoms with Crippen LogP contribution in [0.4, 0.5) is 4.39 Å². The molecular weight excluding hydrogens is 279 g/mol. The summed E-state index contributed by atoms with van der Waals surface area (Å²) in [5, 5.41) is 0.596. The van der Waals surface area contributed by atoms with Gasteiger partial charge in [0, 0.05) is 6.54 Å². The first kappa shape index (κ1) is 13.0. The lowest BCUT2D eigenvalue weighted by Crippen LogP contribution is -2.25. The van der Waals surface area contributed by atoms with Crippen molar-refractivity contribution in [3.05, 3.63) is 70.5 Å². The van der Waals surface area contributed by atoms with Gasteiger partial charge in [-0.2, -0.15) is 0 Å². The van der Waals surface area contributed by atoms with Crippen LogP contribution in [0.5, 0.6) is 0 Å². The predicted octanol–water partition coefficient (Wildman–Crippen LogP) is 3.62. The fraction of sp³-hybridized carbons (Fsp3) is 0.111. The molecule has 4 heteroatoms. The molecule has 0 saturated heterocycles. The Balaban J connectivity index is 1.95. The topological polar surface area (TPSA) is 34.9 Å². The van der Waals surface area contributed by atoms with E-state index in [4.69, 9.17) is 0 Å². The van der Waals surface area contributed by atoms with Crippen LogP contribution in [0.3, 0.4) is 0 Å². The Morgan fingerprint density at radius 3 is 2.82 bits per heavy atom. The number of hydrogen-bond donors (Lipinski definition) is 0. The fourth-order valence-electron chi connectivity index (χ4n) is 2.82. The van der Waals surface area contributed by atoms with E-state index in [-0.39, 0.29) is 11.4 Å². The molecule has 0 spiro atoms. The minimum absolute atomic E-state index is 0.0184. The smallest absolute Gasteiger partial charge is 0.261 e. The normalized spacial score (nSPS) is 13.3. The summed E-state index contributed by atoms with van der Waals surface area (Å²) in [5.41, 5.74) is 2.25.